The van der Waals surface area contributed by atoms with Crippen molar-refractivity contribution in [2.45, 2.75) is 33.6 Å². The highest BCUT2D eigenvalue weighted by Gasteiger charge is 2.15. The van der Waals surface area contributed by atoms with Crippen LogP contribution in [0.25, 0.3) is 0 Å². The first-order chi connectivity index (χ1) is 6.57. The van der Waals surface area contributed by atoms with Crippen LogP contribution in [0.4, 0.5) is 0 Å². The zero-order valence-electron chi connectivity index (χ0n) is 9.67. The first-order valence-electron chi connectivity index (χ1n) is 5.34. The Labute approximate surface area is 87.3 Å². The summed E-state index contributed by atoms with van der Waals surface area (Å²) in [6.07, 6.45) is 0. The third-order valence-corrected chi connectivity index (χ3v) is 3.36. The fourth-order valence-corrected chi connectivity index (χ4v) is 1.78. The molecule has 0 aromatic heterocycles. The summed E-state index contributed by atoms with van der Waals surface area (Å²) in [6, 6.07) is 6.52. The third kappa shape index (κ3) is 2.16. The van der Waals surface area contributed by atoms with Crippen molar-refractivity contribution in [2.75, 3.05) is 6.54 Å². The minimum absolute atomic E-state index is 0.551. The SMILES string of the molecule is Cc1cccc(C(C)C(C)CN)c1C. The monoisotopic (exact) mass is 191 g/mol. The molecule has 2 atom stereocenters. The Balaban J connectivity index is 3.01. The largest absolute Gasteiger partial charge is 0.330 e. The van der Waals surface area contributed by atoms with Crippen molar-refractivity contribution < 1.29 is 0 Å². The van der Waals surface area contributed by atoms with Gasteiger partial charge in [0.15, 0.2) is 0 Å². The molecule has 0 aliphatic carbocycles. The zero-order valence-corrected chi connectivity index (χ0v) is 9.67. The van der Waals surface area contributed by atoms with Gasteiger partial charge in [-0.15, -0.1) is 0 Å². The lowest BCUT2D eigenvalue weighted by molar-refractivity contribution is 0.497. The predicted molar refractivity (Wildman–Crippen MR) is 62.5 cm³/mol. The van der Waals surface area contributed by atoms with Crippen LogP contribution in [-0.4, -0.2) is 6.54 Å². The second-order valence-electron chi connectivity index (χ2n) is 4.29. The molecule has 78 valence electrons. The average molecular weight is 191 g/mol. The van der Waals surface area contributed by atoms with E-state index in [4.69, 9.17) is 5.73 Å². The summed E-state index contributed by atoms with van der Waals surface area (Å²) in [5.41, 5.74) is 9.94. The van der Waals surface area contributed by atoms with Gasteiger partial charge in [-0.3, -0.25) is 0 Å². The first kappa shape index (κ1) is 11.3. The molecule has 0 heterocycles. The van der Waals surface area contributed by atoms with Crippen LogP contribution in [0.1, 0.15) is 36.5 Å². The van der Waals surface area contributed by atoms with Crippen molar-refractivity contribution in [2.24, 2.45) is 11.7 Å². The zero-order chi connectivity index (χ0) is 10.7. The Hall–Kier alpha value is -0.820. The van der Waals surface area contributed by atoms with Crippen LogP contribution >= 0.6 is 0 Å². The smallest absolute Gasteiger partial charge is 0.00458 e. The predicted octanol–water partition coefficient (Wildman–Crippen LogP) is 3.00. The maximum Gasteiger partial charge on any atom is -0.00458 e. The molecular weight excluding hydrogens is 170 g/mol. The molecule has 1 heteroatoms. The summed E-state index contributed by atoms with van der Waals surface area (Å²) in [5.74, 6) is 1.11. The second-order valence-corrected chi connectivity index (χ2v) is 4.29. The van der Waals surface area contributed by atoms with Crippen LogP contribution in [0.2, 0.25) is 0 Å². The van der Waals surface area contributed by atoms with E-state index in [1.165, 1.54) is 16.7 Å². The van der Waals surface area contributed by atoms with Gasteiger partial charge in [0.1, 0.15) is 0 Å². The van der Waals surface area contributed by atoms with Gasteiger partial charge in [-0.2, -0.15) is 0 Å². The highest BCUT2D eigenvalue weighted by molar-refractivity contribution is 5.35. The summed E-state index contributed by atoms with van der Waals surface area (Å²) in [5, 5.41) is 0. The van der Waals surface area contributed by atoms with Gasteiger partial charge >= 0.3 is 0 Å². The second kappa shape index (κ2) is 4.61. The highest BCUT2D eigenvalue weighted by atomic mass is 14.5. The van der Waals surface area contributed by atoms with Gasteiger partial charge in [-0.05, 0) is 48.9 Å². The molecular formula is C13H21N. The van der Waals surface area contributed by atoms with E-state index < -0.39 is 0 Å². The molecule has 0 fully saturated rings. The van der Waals surface area contributed by atoms with Crippen molar-refractivity contribution in [1.29, 1.82) is 0 Å². The fourth-order valence-electron chi connectivity index (χ4n) is 1.78. The van der Waals surface area contributed by atoms with E-state index in [1.807, 2.05) is 0 Å². The number of aryl methyl sites for hydroxylation is 1. The molecule has 1 aromatic carbocycles. The van der Waals surface area contributed by atoms with Crippen LogP contribution in [-0.2, 0) is 0 Å². The number of benzene rings is 1. The van der Waals surface area contributed by atoms with Crippen LogP contribution in [0.5, 0.6) is 0 Å². The molecule has 2 N–H and O–H groups in total. The van der Waals surface area contributed by atoms with Gasteiger partial charge in [-0.25, -0.2) is 0 Å². The number of nitrogens with two attached hydrogens (primary N) is 1. The molecule has 0 amide bonds. The summed E-state index contributed by atoms with van der Waals surface area (Å²) in [6.45, 7) is 9.60. The average Bonchev–Trinajstić information content (AvgIpc) is 2.20. The molecule has 1 rings (SSSR count). The fraction of sp³-hybridized carbons (Fsp3) is 0.538. The van der Waals surface area contributed by atoms with Gasteiger partial charge in [0, 0.05) is 0 Å². The van der Waals surface area contributed by atoms with Crippen LogP contribution in [0, 0.1) is 19.8 Å². The van der Waals surface area contributed by atoms with Crippen molar-refractivity contribution in [3.05, 3.63) is 34.9 Å². The van der Waals surface area contributed by atoms with Gasteiger partial charge in [-0.1, -0.05) is 32.0 Å². The highest BCUT2D eigenvalue weighted by Crippen LogP contribution is 2.27. The molecule has 1 aromatic rings. The minimum atomic E-state index is 0.551. The van der Waals surface area contributed by atoms with Crippen LogP contribution in [0.15, 0.2) is 18.2 Å². The van der Waals surface area contributed by atoms with E-state index in [1.54, 1.807) is 0 Å². The Morgan fingerprint density at radius 1 is 1.21 bits per heavy atom. The lowest BCUT2D eigenvalue weighted by Crippen LogP contribution is -2.17. The van der Waals surface area contributed by atoms with Crippen molar-refractivity contribution in [3.8, 4) is 0 Å². The molecule has 0 bridgehead atoms. The normalized spacial score (nSPS) is 15.2. The van der Waals surface area contributed by atoms with E-state index >= 15 is 0 Å². The molecule has 0 radical (unpaired) electrons. The molecule has 14 heavy (non-hydrogen) atoms. The van der Waals surface area contributed by atoms with E-state index in [0.29, 0.717) is 11.8 Å². The van der Waals surface area contributed by atoms with Crippen molar-refractivity contribution in [1.82, 2.24) is 0 Å². The Morgan fingerprint density at radius 2 is 1.86 bits per heavy atom. The van der Waals surface area contributed by atoms with E-state index in [2.05, 4.69) is 45.9 Å². The summed E-state index contributed by atoms with van der Waals surface area (Å²) in [7, 11) is 0. The van der Waals surface area contributed by atoms with Gasteiger partial charge in [0.25, 0.3) is 0 Å². The van der Waals surface area contributed by atoms with E-state index in [-0.39, 0.29) is 0 Å². The quantitative estimate of drug-likeness (QED) is 0.781. The number of hydrogen-bond acceptors (Lipinski definition) is 1. The molecule has 2 unspecified atom stereocenters. The van der Waals surface area contributed by atoms with Gasteiger partial charge in [0.05, 0.1) is 0 Å². The molecule has 0 saturated heterocycles. The Bertz CT molecular complexity index is 304. The van der Waals surface area contributed by atoms with Gasteiger partial charge < -0.3 is 5.73 Å². The molecule has 0 spiro atoms. The first-order valence-corrected chi connectivity index (χ1v) is 5.34. The Kier molecular flexibility index (Phi) is 3.70. The van der Waals surface area contributed by atoms with Gasteiger partial charge in [0.2, 0.25) is 0 Å². The third-order valence-electron chi connectivity index (χ3n) is 3.36. The van der Waals surface area contributed by atoms with Crippen molar-refractivity contribution >= 4 is 0 Å². The minimum Gasteiger partial charge on any atom is -0.330 e. The molecule has 0 saturated carbocycles. The molecule has 1 nitrogen and oxygen atoms in total. The number of hydrogen-bond donors (Lipinski definition) is 1. The van der Waals surface area contributed by atoms with E-state index in [0.717, 1.165) is 6.54 Å². The maximum atomic E-state index is 5.70. The van der Waals surface area contributed by atoms with Crippen molar-refractivity contribution in [3.63, 3.8) is 0 Å². The summed E-state index contributed by atoms with van der Waals surface area (Å²) in [4.78, 5) is 0. The van der Waals surface area contributed by atoms with Crippen LogP contribution < -0.4 is 5.73 Å². The summed E-state index contributed by atoms with van der Waals surface area (Å²) >= 11 is 0. The molecule has 0 aliphatic heterocycles. The standard InChI is InChI=1S/C13H21N/c1-9-6-5-7-13(11(9)3)12(4)10(2)8-14/h5-7,10,12H,8,14H2,1-4H3. The lowest BCUT2D eigenvalue weighted by atomic mass is 9.85. The van der Waals surface area contributed by atoms with Crippen LogP contribution in [0.3, 0.4) is 0 Å². The molecule has 0 aliphatic rings. The number of rotatable bonds is 3. The maximum absolute atomic E-state index is 5.70. The Morgan fingerprint density at radius 3 is 2.43 bits per heavy atom. The summed E-state index contributed by atoms with van der Waals surface area (Å²) < 4.78 is 0. The van der Waals surface area contributed by atoms with E-state index in [9.17, 15) is 0 Å². The topological polar surface area (TPSA) is 26.0 Å². The lowest BCUT2D eigenvalue weighted by Gasteiger charge is -2.21.